The second-order valence-electron chi connectivity index (χ2n) is 14.8. The number of anilines is 3. The van der Waals surface area contributed by atoms with Gasteiger partial charge in [-0.3, -0.25) is 0 Å². The average molecular weight is 699 g/mol. The zero-order chi connectivity index (χ0) is 36.1. The van der Waals surface area contributed by atoms with E-state index < -0.39 is 5.41 Å². The third-order valence-corrected chi connectivity index (χ3v) is 12.2. The first-order valence-corrected chi connectivity index (χ1v) is 19.1. The first-order chi connectivity index (χ1) is 27.3. The Hall–Kier alpha value is -7.16. The molecule has 256 valence electrons. The van der Waals surface area contributed by atoms with Crippen molar-refractivity contribution in [2.45, 2.75) is 5.41 Å². The lowest BCUT2D eigenvalue weighted by Crippen LogP contribution is -2.26. The Balaban J connectivity index is 1.24. The summed E-state index contributed by atoms with van der Waals surface area (Å²) in [6.07, 6.45) is 0. The van der Waals surface area contributed by atoms with Crippen LogP contribution < -0.4 is 4.90 Å². The molecule has 2 aliphatic rings. The number of aromatic nitrogens is 1. The maximum absolute atomic E-state index is 2.52. The quantitative estimate of drug-likeness (QED) is 0.178. The van der Waals surface area contributed by atoms with Crippen molar-refractivity contribution in [3.8, 4) is 27.9 Å². The molecule has 1 spiro atoms. The van der Waals surface area contributed by atoms with Crippen LogP contribution in [0.2, 0.25) is 0 Å². The van der Waals surface area contributed by atoms with E-state index in [9.17, 15) is 0 Å². The third kappa shape index (κ3) is 4.03. The van der Waals surface area contributed by atoms with Gasteiger partial charge < -0.3 is 9.47 Å². The van der Waals surface area contributed by atoms with Crippen LogP contribution in [0.4, 0.5) is 17.1 Å². The van der Waals surface area contributed by atoms with Gasteiger partial charge in [0.05, 0.1) is 22.1 Å². The molecule has 10 aromatic rings. The summed E-state index contributed by atoms with van der Waals surface area (Å²) in [4.78, 5) is 2.44. The summed E-state index contributed by atoms with van der Waals surface area (Å²) in [6.45, 7) is 0. The summed E-state index contributed by atoms with van der Waals surface area (Å²) in [5.74, 6) is 0. The van der Waals surface area contributed by atoms with Crippen molar-refractivity contribution in [1.29, 1.82) is 0 Å². The van der Waals surface area contributed by atoms with E-state index in [1.165, 1.54) is 88.5 Å². The molecule has 0 fully saturated rings. The Morgan fingerprint density at radius 2 is 0.836 bits per heavy atom. The highest BCUT2D eigenvalue weighted by Crippen LogP contribution is 2.65. The number of rotatable bonds is 4. The van der Waals surface area contributed by atoms with Crippen LogP contribution in [0, 0.1) is 0 Å². The molecule has 0 radical (unpaired) electrons. The molecule has 1 heterocycles. The maximum Gasteiger partial charge on any atom is 0.0727 e. The van der Waals surface area contributed by atoms with Crippen LogP contribution in [0.1, 0.15) is 22.3 Å². The lowest BCUT2D eigenvalue weighted by molar-refractivity contribution is 0.793. The smallest absolute Gasteiger partial charge is 0.0727 e. The van der Waals surface area contributed by atoms with Gasteiger partial charge in [0.1, 0.15) is 0 Å². The van der Waals surface area contributed by atoms with Crippen LogP contribution in [-0.4, -0.2) is 4.57 Å². The largest absolute Gasteiger partial charge is 0.310 e. The fourth-order valence-electron chi connectivity index (χ4n) is 10.1. The van der Waals surface area contributed by atoms with E-state index in [1.807, 2.05) is 0 Å². The number of hydrogen-bond donors (Lipinski definition) is 0. The average Bonchev–Trinajstić information content (AvgIpc) is 3.86. The molecule has 0 bridgehead atoms. The van der Waals surface area contributed by atoms with E-state index >= 15 is 0 Å². The van der Waals surface area contributed by atoms with Crippen molar-refractivity contribution < 1.29 is 0 Å². The van der Waals surface area contributed by atoms with Gasteiger partial charge in [-0.05, 0) is 104 Å². The third-order valence-electron chi connectivity index (χ3n) is 12.2. The molecule has 0 N–H and O–H groups in total. The van der Waals surface area contributed by atoms with Gasteiger partial charge in [-0.2, -0.15) is 0 Å². The molecular formula is C53H34N2. The second-order valence-corrected chi connectivity index (χ2v) is 14.8. The van der Waals surface area contributed by atoms with Gasteiger partial charge in [0.2, 0.25) is 0 Å². The number of para-hydroxylation sites is 4. The van der Waals surface area contributed by atoms with E-state index in [-0.39, 0.29) is 0 Å². The van der Waals surface area contributed by atoms with Gasteiger partial charge in [0.25, 0.3) is 0 Å². The predicted octanol–water partition coefficient (Wildman–Crippen LogP) is 13.8. The number of fused-ring (bicyclic) bond motifs is 15. The Morgan fingerprint density at radius 3 is 1.44 bits per heavy atom. The van der Waals surface area contributed by atoms with Crippen molar-refractivity contribution in [1.82, 2.24) is 4.57 Å². The Bertz CT molecular complexity index is 3020. The maximum atomic E-state index is 2.52. The van der Waals surface area contributed by atoms with E-state index in [4.69, 9.17) is 0 Å². The SMILES string of the molecule is c1ccc(N(c2ccccc2)c2cc3c(c4ccccc24)-c2ccc(-n4c5ccccc5c5ccccc54)cc2C32c3ccccc3-c3ccccc32)cc1. The zero-order valence-corrected chi connectivity index (χ0v) is 30.0. The van der Waals surface area contributed by atoms with Crippen molar-refractivity contribution >= 4 is 49.6 Å². The monoisotopic (exact) mass is 698 g/mol. The highest BCUT2D eigenvalue weighted by molar-refractivity contribution is 6.13. The van der Waals surface area contributed by atoms with Gasteiger partial charge in [-0.1, -0.05) is 152 Å². The Labute approximate surface area is 319 Å². The molecule has 0 unspecified atom stereocenters. The fraction of sp³-hybridized carbons (Fsp3) is 0.0189. The Morgan fingerprint density at radius 1 is 0.345 bits per heavy atom. The Kier molecular flexibility index (Phi) is 6.29. The standard InChI is InChI=1S/C53H34N2/c1-3-17-35(18-4-1)54(36-19-5-2-6-20-36)51-34-48-52(43-26-8-7-25-42(43)51)44-32-31-37(55-49-29-15-11-23-40(49)41-24-12-16-30-50(41)55)33-47(44)53(48)45-27-13-9-21-38(45)39-22-10-14-28-46(39)53/h1-34H. The molecule has 0 atom stereocenters. The zero-order valence-electron chi connectivity index (χ0n) is 30.0. The summed E-state index contributed by atoms with van der Waals surface area (Å²) in [5.41, 5.74) is 17.0. The van der Waals surface area contributed by atoms with Gasteiger partial charge in [-0.15, -0.1) is 0 Å². The first-order valence-electron chi connectivity index (χ1n) is 19.1. The van der Waals surface area contributed by atoms with Gasteiger partial charge in [0.15, 0.2) is 0 Å². The molecule has 9 aromatic carbocycles. The molecule has 0 amide bonds. The highest BCUT2D eigenvalue weighted by atomic mass is 15.1. The predicted molar refractivity (Wildman–Crippen MR) is 229 cm³/mol. The minimum atomic E-state index is -0.537. The minimum absolute atomic E-state index is 0.537. The summed E-state index contributed by atoms with van der Waals surface area (Å²) in [6, 6.07) is 76.3. The van der Waals surface area contributed by atoms with Crippen molar-refractivity contribution in [3.63, 3.8) is 0 Å². The van der Waals surface area contributed by atoms with Gasteiger partial charge in [0, 0.05) is 33.2 Å². The summed E-state index contributed by atoms with van der Waals surface area (Å²) in [7, 11) is 0. The molecular weight excluding hydrogens is 665 g/mol. The van der Waals surface area contributed by atoms with Crippen molar-refractivity contribution in [3.05, 3.63) is 229 Å². The highest BCUT2D eigenvalue weighted by Gasteiger charge is 2.52. The van der Waals surface area contributed by atoms with Crippen LogP contribution in [0.25, 0.3) is 60.5 Å². The van der Waals surface area contributed by atoms with Gasteiger partial charge in [-0.25, -0.2) is 0 Å². The lowest BCUT2D eigenvalue weighted by Gasteiger charge is -2.33. The molecule has 0 aliphatic heterocycles. The summed E-state index contributed by atoms with van der Waals surface area (Å²) in [5, 5.41) is 5.02. The van der Waals surface area contributed by atoms with Crippen LogP contribution in [-0.2, 0) is 5.41 Å². The van der Waals surface area contributed by atoms with Crippen LogP contribution in [0.5, 0.6) is 0 Å². The van der Waals surface area contributed by atoms with Crippen LogP contribution in [0.3, 0.4) is 0 Å². The lowest BCUT2D eigenvalue weighted by atomic mass is 9.70. The molecule has 0 saturated heterocycles. The van der Waals surface area contributed by atoms with E-state index in [1.54, 1.807) is 0 Å². The van der Waals surface area contributed by atoms with Crippen LogP contribution >= 0.6 is 0 Å². The van der Waals surface area contributed by atoms with E-state index in [0.29, 0.717) is 0 Å². The summed E-state index contributed by atoms with van der Waals surface area (Å²) < 4.78 is 2.46. The number of nitrogens with zero attached hydrogens (tertiary/aromatic N) is 2. The fourth-order valence-corrected chi connectivity index (χ4v) is 10.1. The molecule has 0 saturated carbocycles. The topological polar surface area (TPSA) is 8.17 Å². The minimum Gasteiger partial charge on any atom is -0.310 e. The molecule has 55 heavy (non-hydrogen) atoms. The molecule has 12 rings (SSSR count). The molecule has 1 aromatic heterocycles. The number of benzene rings is 9. The number of hydrogen-bond acceptors (Lipinski definition) is 1. The second kappa shape index (κ2) is 11.4. The van der Waals surface area contributed by atoms with E-state index in [2.05, 4.69) is 216 Å². The molecule has 2 nitrogen and oxygen atoms in total. The van der Waals surface area contributed by atoms with E-state index in [0.717, 1.165) is 11.4 Å². The summed E-state index contributed by atoms with van der Waals surface area (Å²) >= 11 is 0. The normalized spacial score (nSPS) is 13.2. The van der Waals surface area contributed by atoms with Gasteiger partial charge >= 0.3 is 0 Å². The first kappa shape index (κ1) is 30.3. The molecule has 2 aliphatic carbocycles. The van der Waals surface area contributed by atoms with Crippen LogP contribution in [0.15, 0.2) is 206 Å². The van der Waals surface area contributed by atoms with Crippen molar-refractivity contribution in [2.75, 3.05) is 4.90 Å². The molecule has 2 heteroatoms. The van der Waals surface area contributed by atoms with Crippen molar-refractivity contribution in [2.24, 2.45) is 0 Å².